The van der Waals surface area contributed by atoms with Crippen LogP contribution < -0.4 is 11.5 Å². The summed E-state index contributed by atoms with van der Waals surface area (Å²) in [6.07, 6.45) is 0. The van der Waals surface area contributed by atoms with E-state index in [-0.39, 0.29) is 0 Å². The van der Waals surface area contributed by atoms with Crippen molar-refractivity contribution < 1.29 is 0 Å². The monoisotopic (exact) mass is 355 g/mol. The van der Waals surface area contributed by atoms with Crippen molar-refractivity contribution in [2.75, 3.05) is 58.8 Å². The second kappa shape index (κ2) is 10.2. The van der Waals surface area contributed by atoms with Crippen LogP contribution in [0.25, 0.3) is 0 Å². The van der Waals surface area contributed by atoms with Gasteiger partial charge in [0.2, 0.25) is 0 Å². The fourth-order valence-corrected chi connectivity index (χ4v) is 2.96. The summed E-state index contributed by atoms with van der Waals surface area (Å²) in [6.45, 7) is 6.01. The van der Waals surface area contributed by atoms with E-state index in [2.05, 4.69) is 48.0 Å². The Balaban J connectivity index is 1.65. The molecule has 0 fully saturated rings. The third-order valence-electron chi connectivity index (χ3n) is 4.53. The number of nitrogens with zero attached hydrogens (tertiary/aromatic N) is 3. The summed E-state index contributed by atoms with van der Waals surface area (Å²) >= 11 is 0. The maximum atomic E-state index is 5.85. The number of hydrogen-bond acceptors (Lipinski definition) is 5. The molecular weight excluding hydrogens is 322 g/mol. The van der Waals surface area contributed by atoms with E-state index in [0.717, 1.165) is 50.6 Å². The van der Waals surface area contributed by atoms with Gasteiger partial charge in [-0.15, -0.1) is 0 Å². The van der Waals surface area contributed by atoms with Crippen LogP contribution in [-0.4, -0.2) is 62.0 Å². The van der Waals surface area contributed by atoms with Gasteiger partial charge in [-0.3, -0.25) is 0 Å². The minimum absolute atomic E-state index is 0.830. The molecule has 0 heterocycles. The van der Waals surface area contributed by atoms with E-state index in [1.54, 1.807) is 0 Å². The zero-order chi connectivity index (χ0) is 18.9. The molecular formula is C21H33N5. The Morgan fingerprint density at radius 3 is 1.38 bits per heavy atom. The van der Waals surface area contributed by atoms with Crippen LogP contribution in [0.2, 0.25) is 0 Å². The van der Waals surface area contributed by atoms with E-state index < -0.39 is 0 Å². The zero-order valence-corrected chi connectivity index (χ0v) is 16.4. The lowest BCUT2D eigenvalue weighted by atomic mass is 10.2. The molecule has 0 atom stereocenters. The van der Waals surface area contributed by atoms with Gasteiger partial charge in [0.05, 0.1) is 0 Å². The molecule has 0 radical (unpaired) electrons. The summed E-state index contributed by atoms with van der Waals surface area (Å²) < 4.78 is 0. The summed E-state index contributed by atoms with van der Waals surface area (Å²) in [5.74, 6) is 0. The largest absolute Gasteiger partial charge is 0.399 e. The molecule has 0 saturated heterocycles. The van der Waals surface area contributed by atoms with Crippen molar-refractivity contribution >= 4 is 11.4 Å². The number of anilines is 2. The average molecular weight is 356 g/mol. The van der Waals surface area contributed by atoms with E-state index in [4.69, 9.17) is 11.5 Å². The second-order valence-corrected chi connectivity index (χ2v) is 7.27. The quantitative estimate of drug-likeness (QED) is 0.641. The number of benzene rings is 2. The highest BCUT2D eigenvalue weighted by molar-refractivity contribution is 5.41. The molecule has 0 aliphatic heterocycles. The third kappa shape index (κ3) is 7.44. The zero-order valence-electron chi connectivity index (χ0n) is 16.4. The van der Waals surface area contributed by atoms with Gasteiger partial charge in [0.25, 0.3) is 0 Å². The van der Waals surface area contributed by atoms with E-state index in [0.29, 0.717) is 0 Å². The van der Waals surface area contributed by atoms with Gasteiger partial charge < -0.3 is 26.2 Å². The molecule has 0 amide bonds. The predicted octanol–water partition coefficient (Wildman–Crippen LogP) is 2.35. The molecule has 2 aromatic carbocycles. The number of nitrogens with two attached hydrogens (primary N) is 2. The summed E-state index contributed by atoms with van der Waals surface area (Å²) in [5, 5.41) is 0. The minimum atomic E-state index is 0.830. The fourth-order valence-electron chi connectivity index (χ4n) is 2.96. The molecule has 0 spiro atoms. The summed E-state index contributed by atoms with van der Waals surface area (Å²) in [6, 6.07) is 16.2. The molecule has 2 rings (SSSR count). The van der Waals surface area contributed by atoms with Crippen molar-refractivity contribution in [3.63, 3.8) is 0 Å². The lowest BCUT2D eigenvalue weighted by Gasteiger charge is -2.24. The van der Waals surface area contributed by atoms with Crippen molar-refractivity contribution in [2.45, 2.75) is 13.1 Å². The molecule has 0 aliphatic carbocycles. The van der Waals surface area contributed by atoms with Gasteiger partial charge >= 0.3 is 0 Å². The van der Waals surface area contributed by atoms with Crippen LogP contribution >= 0.6 is 0 Å². The van der Waals surface area contributed by atoms with Gasteiger partial charge in [0.15, 0.2) is 0 Å². The maximum Gasteiger partial charge on any atom is 0.0317 e. The molecule has 142 valence electrons. The SMILES string of the molecule is CN(CCN(C)Cc1cccc(N)c1)CCN(C)Cc1cccc(N)c1. The van der Waals surface area contributed by atoms with Crippen molar-refractivity contribution in [3.05, 3.63) is 59.7 Å². The lowest BCUT2D eigenvalue weighted by Crippen LogP contribution is -2.35. The Kier molecular flexibility index (Phi) is 7.91. The highest BCUT2D eigenvalue weighted by Gasteiger charge is 2.06. The Morgan fingerprint density at radius 2 is 1.00 bits per heavy atom. The first-order chi connectivity index (χ1) is 12.4. The van der Waals surface area contributed by atoms with Crippen LogP contribution in [0.15, 0.2) is 48.5 Å². The van der Waals surface area contributed by atoms with Gasteiger partial charge in [-0.05, 0) is 56.5 Å². The normalized spacial score (nSPS) is 11.6. The molecule has 0 aliphatic rings. The van der Waals surface area contributed by atoms with Crippen LogP contribution in [-0.2, 0) is 13.1 Å². The maximum absolute atomic E-state index is 5.85. The first-order valence-corrected chi connectivity index (χ1v) is 9.17. The van der Waals surface area contributed by atoms with Gasteiger partial charge in [0, 0.05) is 50.6 Å². The Morgan fingerprint density at radius 1 is 0.615 bits per heavy atom. The van der Waals surface area contributed by atoms with E-state index in [1.807, 2.05) is 36.4 Å². The first kappa shape index (κ1) is 20.2. The Labute approximate surface area is 158 Å². The molecule has 0 unspecified atom stereocenters. The van der Waals surface area contributed by atoms with Gasteiger partial charge in [-0.25, -0.2) is 0 Å². The number of likely N-dealkylation sites (N-methyl/N-ethyl adjacent to an activating group) is 3. The van der Waals surface area contributed by atoms with Gasteiger partial charge in [-0.1, -0.05) is 24.3 Å². The molecule has 4 N–H and O–H groups in total. The van der Waals surface area contributed by atoms with E-state index >= 15 is 0 Å². The summed E-state index contributed by atoms with van der Waals surface area (Å²) in [4.78, 5) is 7.05. The third-order valence-corrected chi connectivity index (χ3v) is 4.53. The highest BCUT2D eigenvalue weighted by atomic mass is 15.2. The fraction of sp³-hybridized carbons (Fsp3) is 0.429. The molecule has 0 aromatic heterocycles. The number of rotatable bonds is 10. The second-order valence-electron chi connectivity index (χ2n) is 7.27. The van der Waals surface area contributed by atoms with Crippen molar-refractivity contribution in [3.8, 4) is 0 Å². The Hall–Kier alpha value is -2.08. The van der Waals surface area contributed by atoms with Crippen molar-refractivity contribution in [1.29, 1.82) is 0 Å². The van der Waals surface area contributed by atoms with Crippen LogP contribution in [0.4, 0.5) is 11.4 Å². The van der Waals surface area contributed by atoms with Crippen molar-refractivity contribution in [1.82, 2.24) is 14.7 Å². The highest BCUT2D eigenvalue weighted by Crippen LogP contribution is 2.09. The lowest BCUT2D eigenvalue weighted by molar-refractivity contribution is 0.221. The van der Waals surface area contributed by atoms with E-state index in [1.165, 1.54) is 11.1 Å². The smallest absolute Gasteiger partial charge is 0.0317 e. The molecule has 0 saturated carbocycles. The van der Waals surface area contributed by atoms with E-state index in [9.17, 15) is 0 Å². The van der Waals surface area contributed by atoms with Crippen LogP contribution in [0, 0.1) is 0 Å². The number of hydrogen-bond donors (Lipinski definition) is 2. The molecule has 5 nitrogen and oxygen atoms in total. The minimum Gasteiger partial charge on any atom is -0.399 e. The van der Waals surface area contributed by atoms with Crippen molar-refractivity contribution in [2.24, 2.45) is 0 Å². The van der Waals surface area contributed by atoms with Crippen LogP contribution in [0.3, 0.4) is 0 Å². The molecule has 26 heavy (non-hydrogen) atoms. The standard InChI is InChI=1S/C21H33N5/c1-24(10-12-25(2)16-18-6-4-8-20(22)14-18)11-13-26(3)17-19-7-5-9-21(23)15-19/h4-9,14-15H,10-13,16-17,22-23H2,1-3H3. The average Bonchev–Trinajstić information content (AvgIpc) is 2.58. The van der Waals surface area contributed by atoms with Crippen LogP contribution in [0.1, 0.15) is 11.1 Å². The Bertz CT molecular complexity index is 615. The molecule has 5 heteroatoms. The first-order valence-electron chi connectivity index (χ1n) is 9.17. The topological polar surface area (TPSA) is 61.8 Å². The van der Waals surface area contributed by atoms with Gasteiger partial charge in [0.1, 0.15) is 0 Å². The predicted molar refractivity (Wildman–Crippen MR) is 112 cm³/mol. The molecule has 0 bridgehead atoms. The van der Waals surface area contributed by atoms with Crippen LogP contribution in [0.5, 0.6) is 0 Å². The number of nitrogen functional groups attached to an aromatic ring is 2. The summed E-state index contributed by atoms with van der Waals surface area (Å²) in [7, 11) is 6.49. The molecule has 2 aromatic rings. The van der Waals surface area contributed by atoms with Gasteiger partial charge in [-0.2, -0.15) is 0 Å². The summed E-state index contributed by atoms with van der Waals surface area (Å²) in [5.41, 5.74) is 15.9.